The van der Waals surface area contributed by atoms with E-state index >= 15 is 0 Å². The zero-order valence-electron chi connectivity index (χ0n) is 19.4. The quantitative estimate of drug-likeness (QED) is 0.574. The van der Waals surface area contributed by atoms with Gasteiger partial charge in [-0.15, -0.1) is 0 Å². The fraction of sp³-hybridized carbons (Fsp3) is 0.391. The van der Waals surface area contributed by atoms with Crippen LogP contribution in [0.15, 0.2) is 48.5 Å². The van der Waals surface area contributed by atoms with E-state index in [0.29, 0.717) is 22.5 Å². The van der Waals surface area contributed by atoms with Crippen molar-refractivity contribution in [2.24, 2.45) is 0 Å². The van der Waals surface area contributed by atoms with Gasteiger partial charge >= 0.3 is 6.18 Å². The van der Waals surface area contributed by atoms with Crippen LogP contribution in [0.1, 0.15) is 30.5 Å². The van der Waals surface area contributed by atoms with E-state index in [1.807, 2.05) is 19.1 Å². The van der Waals surface area contributed by atoms with Gasteiger partial charge in [-0.1, -0.05) is 35.9 Å². The highest BCUT2D eigenvalue weighted by molar-refractivity contribution is 7.92. The number of sulfonamides is 1. The molecule has 2 aromatic carbocycles. The van der Waals surface area contributed by atoms with Gasteiger partial charge in [0.2, 0.25) is 21.8 Å². The van der Waals surface area contributed by atoms with Gasteiger partial charge in [0.05, 0.1) is 17.5 Å². The lowest BCUT2D eigenvalue weighted by Gasteiger charge is -2.31. The van der Waals surface area contributed by atoms with E-state index in [2.05, 4.69) is 5.32 Å². The highest BCUT2D eigenvalue weighted by Gasteiger charge is 2.33. The zero-order valence-corrected chi connectivity index (χ0v) is 20.2. The molecule has 1 unspecified atom stereocenters. The molecule has 0 radical (unpaired) electrons. The summed E-state index contributed by atoms with van der Waals surface area (Å²) in [6, 6.07) is 10.0. The highest BCUT2D eigenvalue weighted by Crippen LogP contribution is 2.32. The summed E-state index contributed by atoms with van der Waals surface area (Å²) in [7, 11) is -4.13. The predicted molar refractivity (Wildman–Crippen MR) is 124 cm³/mol. The lowest BCUT2D eigenvalue weighted by Crippen LogP contribution is -2.51. The lowest BCUT2D eigenvalue weighted by molar-refractivity contribution is -0.139. The van der Waals surface area contributed by atoms with Crippen molar-refractivity contribution in [3.05, 3.63) is 65.2 Å². The molecule has 0 saturated heterocycles. The molecule has 2 rings (SSSR count). The zero-order chi connectivity index (χ0) is 25.7. The molecule has 2 aromatic rings. The number of likely N-dealkylation sites (N-methyl/N-ethyl adjacent to an activating group) is 1. The Kier molecular flexibility index (Phi) is 8.71. The molecule has 0 aliphatic carbocycles. The van der Waals surface area contributed by atoms with E-state index in [1.54, 1.807) is 19.1 Å². The van der Waals surface area contributed by atoms with E-state index in [4.69, 9.17) is 0 Å². The normalized spacial score (nSPS) is 12.7. The summed E-state index contributed by atoms with van der Waals surface area (Å²) in [5.74, 6) is -1.17. The number of alkyl halides is 3. The van der Waals surface area contributed by atoms with Crippen LogP contribution < -0.4 is 9.62 Å². The van der Waals surface area contributed by atoms with Crippen molar-refractivity contribution in [1.29, 1.82) is 0 Å². The number of amides is 2. The van der Waals surface area contributed by atoms with Crippen LogP contribution in [0.25, 0.3) is 0 Å². The first kappa shape index (κ1) is 27.2. The summed E-state index contributed by atoms with van der Waals surface area (Å²) in [6.45, 7) is 4.69. The Labute approximate surface area is 197 Å². The summed E-state index contributed by atoms with van der Waals surface area (Å²) >= 11 is 0. The van der Waals surface area contributed by atoms with Gasteiger partial charge in [0.15, 0.2) is 0 Å². The maximum Gasteiger partial charge on any atom is 0.416 e. The third kappa shape index (κ3) is 7.21. The number of hydrogen-bond donors (Lipinski definition) is 1. The number of rotatable bonds is 9. The molecular weight excluding hydrogens is 471 g/mol. The first-order valence-electron chi connectivity index (χ1n) is 10.5. The van der Waals surface area contributed by atoms with E-state index in [9.17, 15) is 31.2 Å². The second-order valence-corrected chi connectivity index (χ2v) is 9.80. The first-order valence-corrected chi connectivity index (χ1v) is 12.4. The minimum absolute atomic E-state index is 0.0115. The van der Waals surface area contributed by atoms with Crippen LogP contribution in [0.2, 0.25) is 0 Å². The summed E-state index contributed by atoms with van der Waals surface area (Å²) in [5, 5.41) is 2.63. The van der Waals surface area contributed by atoms with E-state index in [0.717, 1.165) is 24.0 Å². The summed E-state index contributed by atoms with van der Waals surface area (Å²) in [5.41, 5.74) is 0.358. The smallest absolute Gasteiger partial charge is 0.355 e. The average Bonchev–Trinajstić information content (AvgIpc) is 2.75. The molecule has 0 spiro atoms. The Morgan fingerprint density at radius 3 is 2.24 bits per heavy atom. The molecule has 34 heavy (non-hydrogen) atoms. The standard InChI is InChI=1S/C23H28F3N3O4S/c1-5-27-22(31)17(3)28(14-18-11-9-16(2)10-12-18)21(30)15-29(34(4,32)33)20-8-6-7-19(13-20)23(24,25)26/h6-13,17H,5,14-15H2,1-4H3,(H,27,31). The SMILES string of the molecule is CCNC(=O)C(C)N(Cc1ccc(C)cc1)C(=O)CN(c1cccc(C(F)(F)F)c1)S(C)(=O)=O. The van der Waals surface area contributed by atoms with Crippen molar-refractivity contribution in [1.82, 2.24) is 10.2 Å². The van der Waals surface area contributed by atoms with Crippen molar-refractivity contribution in [3.8, 4) is 0 Å². The van der Waals surface area contributed by atoms with Crippen LogP contribution in [-0.2, 0) is 32.3 Å². The van der Waals surface area contributed by atoms with Gasteiger partial charge in [-0.2, -0.15) is 13.2 Å². The lowest BCUT2D eigenvalue weighted by atomic mass is 10.1. The van der Waals surface area contributed by atoms with Crippen LogP contribution in [0, 0.1) is 6.92 Å². The molecule has 7 nitrogen and oxygen atoms in total. The third-order valence-corrected chi connectivity index (χ3v) is 6.27. The largest absolute Gasteiger partial charge is 0.416 e. The number of anilines is 1. The van der Waals surface area contributed by atoms with Gasteiger partial charge in [-0.3, -0.25) is 13.9 Å². The Balaban J connectivity index is 2.42. The van der Waals surface area contributed by atoms with Crippen molar-refractivity contribution >= 4 is 27.5 Å². The molecule has 0 fully saturated rings. The van der Waals surface area contributed by atoms with E-state index in [-0.39, 0.29) is 12.2 Å². The number of benzene rings is 2. The summed E-state index contributed by atoms with van der Waals surface area (Å²) in [6.07, 6.45) is -3.88. The third-order valence-electron chi connectivity index (χ3n) is 5.13. The van der Waals surface area contributed by atoms with Crippen molar-refractivity contribution in [2.45, 2.75) is 39.5 Å². The Morgan fingerprint density at radius 2 is 1.71 bits per heavy atom. The van der Waals surface area contributed by atoms with Crippen molar-refractivity contribution in [2.75, 3.05) is 23.7 Å². The molecule has 2 amide bonds. The Morgan fingerprint density at radius 1 is 1.09 bits per heavy atom. The minimum atomic E-state index is -4.69. The molecule has 0 saturated carbocycles. The monoisotopic (exact) mass is 499 g/mol. The number of carbonyl (C=O) groups excluding carboxylic acids is 2. The number of halogens is 3. The summed E-state index contributed by atoms with van der Waals surface area (Å²) in [4.78, 5) is 27.0. The number of nitrogens with zero attached hydrogens (tertiary/aromatic N) is 2. The number of hydrogen-bond acceptors (Lipinski definition) is 4. The fourth-order valence-electron chi connectivity index (χ4n) is 3.25. The molecule has 0 aromatic heterocycles. The molecular formula is C23H28F3N3O4S. The van der Waals surface area contributed by atoms with Crippen molar-refractivity contribution < 1.29 is 31.2 Å². The van der Waals surface area contributed by atoms with Crippen LogP contribution in [0.4, 0.5) is 18.9 Å². The first-order chi connectivity index (χ1) is 15.7. The molecule has 186 valence electrons. The topological polar surface area (TPSA) is 86.8 Å². The van der Waals surface area contributed by atoms with Crippen LogP contribution in [-0.4, -0.2) is 50.5 Å². The Bertz CT molecular complexity index is 1120. The molecule has 0 heterocycles. The minimum Gasteiger partial charge on any atom is -0.355 e. The number of aryl methyl sites for hydroxylation is 1. The maximum absolute atomic E-state index is 13.3. The van der Waals surface area contributed by atoms with Gasteiger partial charge in [0.1, 0.15) is 12.6 Å². The second-order valence-electron chi connectivity index (χ2n) is 7.90. The molecule has 1 N–H and O–H groups in total. The predicted octanol–water partition coefficient (Wildman–Crippen LogP) is 3.33. The van der Waals surface area contributed by atoms with E-state index < -0.39 is 46.2 Å². The Hall–Kier alpha value is -3.08. The van der Waals surface area contributed by atoms with Crippen LogP contribution in [0.3, 0.4) is 0 Å². The van der Waals surface area contributed by atoms with Crippen LogP contribution >= 0.6 is 0 Å². The van der Waals surface area contributed by atoms with Gasteiger partial charge in [0, 0.05) is 13.1 Å². The molecule has 11 heteroatoms. The van der Waals surface area contributed by atoms with Gasteiger partial charge in [-0.25, -0.2) is 8.42 Å². The number of carbonyl (C=O) groups is 2. The average molecular weight is 500 g/mol. The molecule has 0 aliphatic heterocycles. The molecule has 0 aliphatic rings. The summed E-state index contributed by atoms with van der Waals surface area (Å²) < 4.78 is 65.0. The van der Waals surface area contributed by atoms with Gasteiger partial charge in [-0.05, 0) is 44.5 Å². The fourth-order valence-corrected chi connectivity index (χ4v) is 4.09. The second kappa shape index (κ2) is 10.9. The van der Waals surface area contributed by atoms with Gasteiger partial charge in [0.25, 0.3) is 0 Å². The highest BCUT2D eigenvalue weighted by atomic mass is 32.2. The van der Waals surface area contributed by atoms with Crippen LogP contribution in [0.5, 0.6) is 0 Å². The number of nitrogens with one attached hydrogen (secondary N) is 1. The maximum atomic E-state index is 13.3. The van der Waals surface area contributed by atoms with Crippen molar-refractivity contribution in [3.63, 3.8) is 0 Å². The molecule has 0 bridgehead atoms. The molecule has 1 atom stereocenters. The van der Waals surface area contributed by atoms with E-state index in [1.165, 1.54) is 17.9 Å². The van der Waals surface area contributed by atoms with Gasteiger partial charge < -0.3 is 10.2 Å².